The number of carbonyl (C=O) groups is 1. The summed E-state index contributed by atoms with van der Waals surface area (Å²) in [5.74, 6) is 0.929. The van der Waals surface area contributed by atoms with Gasteiger partial charge in [-0.1, -0.05) is 6.07 Å². The van der Waals surface area contributed by atoms with Crippen molar-refractivity contribution < 1.29 is 14.6 Å². The highest BCUT2D eigenvalue weighted by Gasteiger charge is 2.15. The molecule has 26 heavy (non-hydrogen) atoms. The number of carboxylic acid groups (broad SMARTS) is 1. The summed E-state index contributed by atoms with van der Waals surface area (Å²) >= 11 is 0. The minimum Gasteiger partial charge on any atom is -0.449 e. The van der Waals surface area contributed by atoms with Crippen LogP contribution in [0.5, 0.6) is 5.75 Å². The van der Waals surface area contributed by atoms with Crippen LogP contribution in [-0.2, 0) is 0 Å². The maximum atomic E-state index is 10.9. The molecule has 0 aliphatic carbocycles. The Kier molecular flexibility index (Phi) is 4.22. The number of aryl methyl sites for hydroxylation is 1. The Balaban J connectivity index is 1.70. The van der Waals surface area contributed by atoms with Gasteiger partial charge in [0.2, 0.25) is 0 Å². The Morgan fingerprint density at radius 2 is 2.04 bits per heavy atom. The normalized spacial score (nSPS) is 14.6. The van der Waals surface area contributed by atoms with Crippen LogP contribution in [0.25, 0.3) is 22.4 Å². The Labute approximate surface area is 150 Å². The number of para-hydroxylation sites is 1. The minimum absolute atomic E-state index is 0.229. The molecule has 2 aromatic carbocycles. The molecule has 2 heterocycles. The third-order valence-electron chi connectivity index (χ3n) is 4.62. The van der Waals surface area contributed by atoms with Gasteiger partial charge in [-0.3, -0.25) is 0 Å². The number of piperazine rings is 1. The molecule has 3 aromatic rings. The number of aromatic nitrogens is 2. The van der Waals surface area contributed by atoms with Crippen LogP contribution in [0.4, 0.5) is 10.5 Å². The molecule has 0 amide bonds. The lowest BCUT2D eigenvalue weighted by atomic mass is 10.1. The summed E-state index contributed by atoms with van der Waals surface area (Å²) in [7, 11) is 0. The van der Waals surface area contributed by atoms with Crippen molar-refractivity contribution in [2.75, 3.05) is 31.1 Å². The van der Waals surface area contributed by atoms with Crippen LogP contribution in [0.3, 0.4) is 0 Å². The maximum Gasteiger partial charge on any atom is 0.511 e. The van der Waals surface area contributed by atoms with Crippen LogP contribution in [0, 0.1) is 6.92 Å². The van der Waals surface area contributed by atoms with Gasteiger partial charge < -0.3 is 25.0 Å². The molecule has 3 N–H and O–H groups in total. The third-order valence-corrected chi connectivity index (χ3v) is 4.62. The lowest BCUT2D eigenvalue weighted by Crippen LogP contribution is -2.43. The van der Waals surface area contributed by atoms with Crippen LogP contribution >= 0.6 is 0 Å². The monoisotopic (exact) mass is 352 g/mol. The molecular weight excluding hydrogens is 332 g/mol. The van der Waals surface area contributed by atoms with Crippen LogP contribution in [0.1, 0.15) is 5.56 Å². The predicted molar refractivity (Wildman–Crippen MR) is 100 cm³/mol. The first-order valence-corrected chi connectivity index (χ1v) is 8.58. The molecule has 1 saturated heterocycles. The zero-order valence-corrected chi connectivity index (χ0v) is 14.5. The second kappa shape index (κ2) is 6.68. The van der Waals surface area contributed by atoms with Crippen LogP contribution in [0.15, 0.2) is 36.4 Å². The van der Waals surface area contributed by atoms with Crippen molar-refractivity contribution in [3.8, 4) is 17.1 Å². The molecule has 134 valence electrons. The van der Waals surface area contributed by atoms with Crippen LogP contribution in [0.2, 0.25) is 0 Å². The van der Waals surface area contributed by atoms with Crippen molar-refractivity contribution in [2.24, 2.45) is 0 Å². The van der Waals surface area contributed by atoms with Gasteiger partial charge in [-0.15, -0.1) is 0 Å². The van der Waals surface area contributed by atoms with E-state index in [0.717, 1.165) is 42.8 Å². The number of imidazole rings is 1. The number of nitrogens with one attached hydrogen (secondary N) is 2. The average molecular weight is 352 g/mol. The molecule has 0 spiro atoms. The van der Waals surface area contributed by atoms with Gasteiger partial charge in [0.25, 0.3) is 0 Å². The van der Waals surface area contributed by atoms with E-state index in [4.69, 9.17) is 9.84 Å². The van der Waals surface area contributed by atoms with Crippen molar-refractivity contribution in [3.05, 3.63) is 42.0 Å². The summed E-state index contributed by atoms with van der Waals surface area (Å²) in [6.45, 7) is 6.05. The molecule has 0 radical (unpaired) electrons. The largest absolute Gasteiger partial charge is 0.511 e. The van der Waals surface area contributed by atoms with Crippen molar-refractivity contribution in [3.63, 3.8) is 0 Å². The van der Waals surface area contributed by atoms with Crippen molar-refractivity contribution in [1.29, 1.82) is 0 Å². The lowest BCUT2D eigenvalue weighted by Gasteiger charge is -2.29. The van der Waals surface area contributed by atoms with Crippen molar-refractivity contribution >= 4 is 22.9 Å². The lowest BCUT2D eigenvalue weighted by molar-refractivity contribution is 0.145. The Morgan fingerprint density at radius 1 is 1.23 bits per heavy atom. The van der Waals surface area contributed by atoms with Crippen LogP contribution < -0.4 is 15.0 Å². The molecule has 1 aliphatic rings. The first kappa shape index (κ1) is 16.4. The molecule has 0 atom stereocenters. The summed E-state index contributed by atoms with van der Waals surface area (Å²) in [6.07, 6.45) is -1.35. The predicted octanol–water partition coefficient (Wildman–Crippen LogP) is 3.00. The van der Waals surface area contributed by atoms with Gasteiger partial charge in [0, 0.05) is 37.4 Å². The van der Waals surface area contributed by atoms with Gasteiger partial charge in [0.15, 0.2) is 5.75 Å². The van der Waals surface area contributed by atoms with Crippen molar-refractivity contribution in [1.82, 2.24) is 15.3 Å². The average Bonchev–Trinajstić information content (AvgIpc) is 3.07. The summed E-state index contributed by atoms with van der Waals surface area (Å²) in [5.41, 5.74) is 4.56. The third kappa shape index (κ3) is 3.09. The second-order valence-corrected chi connectivity index (χ2v) is 6.34. The number of benzene rings is 2. The zero-order valence-electron chi connectivity index (χ0n) is 14.5. The molecule has 1 aliphatic heterocycles. The van der Waals surface area contributed by atoms with Crippen molar-refractivity contribution in [2.45, 2.75) is 6.92 Å². The highest BCUT2D eigenvalue weighted by Crippen LogP contribution is 2.30. The zero-order chi connectivity index (χ0) is 18.1. The fraction of sp³-hybridized carbons (Fsp3) is 0.263. The summed E-state index contributed by atoms with van der Waals surface area (Å²) in [6, 6.07) is 11.5. The fourth-order valence-corrected chi connectivity index (χ4v) is 3.34. The van der Waals surface area contributed by atoms with E-state index in [0.29, 0.717) is 11.3 Å². The smallest absolute Gasteiger partial charge is 0.449 e. The van der Waals surface area contributed by atoms with Gasteiger partial charge >= 0.3 is 6.16 Å². The Morgan fingerprint density at radius 3 is 2.77 bits per heavy atom. The van der Waals surface area contributed by atoms with E-state index in [1.807, 2.05) is 6.07 Å². The highest BCUT2D eigenvalue weighted by molar-refractivity contribution is 5.87. The van der Waals surface area contributed by atoms with Gasteiger partial charge in [0.05, 0.1) is 5.52 Å². The molecule has 0 bridgehead atoms. The number of anilines is 1. The second-order valence-electron chi connectivity index (χ2n) is 6.34. The molecule has 1 fully saturated rings. The molecule has 7 heteroatoms. The summed E-state index contributed by atoms with van der Waals surface area (Å²) < 4.78 is 4.83. The summed E-state index contributed by atoms with van der Waals surface area (Å²) in [5, 5.41) is 12.2. The van der Waals surface area contributed by atoms with E-state index in [-0.39, 0.29) is 5.75 Å². The number of nitrogens with zero attached hydrogens (tertiary/aromatic N) is 2. The SMILES string of the molecule is Cc1cc(N2CCNCC2)ccc1-c1nc2c(OC(=O)O)cccc2[nH]1. The topological polar surface area (TPSA) is 90.5 Å². The molecular formula is C19H20N4O3. The first-order valence-electron chi connectivity index (χ1n) is 8.58. The van der Waals surface area contributed by atoms with E-state index in [9.17, 15) is 4.79 Å². The number of ether oxygens (including phenoxy) is 1. The van der Waals surface area contributed by atoms with E-state index < -0.39 is 6.16 Å². The number of hydrogen-bond acceptors (Lipinski definition) is 5. The standard InChI is InChI=1S/C19H20N4O3/c1-12-11-13(23-9-7-20-8-10-23)5-6-14(12)18-21-15-3-2-4-16(17(15)22-18)26-19(24)25/h2-6,11,20H,7-10H2,1H3,(H,21,22)(H,24,25). The molecule has 1 aromatic heterocycles. The number of hydrogen-bond donors (Lipinski definition) is 3. The highest BCUT2D eigenvalue weighted by atomic mass is 16.7. The number of fused-ring (bicyclic) bond motifs is 1. The van der Waals surface area contributed by atoms with E-state index in [2.05, 4.69) is 45.3 Å². The number of H-pyrrole nitrogens is 1. The minimum atomic E-state index is -1.35. The number of rotatable bonds is 3. The summed E-state index contributed by atoms with van der Waals surface area (Å²) in [4.78, 5) is 21.1. The van der Waals surface area contributed by atoms with Gasteiger partial charge in [-0.05, 0) is 42.8 Å². The molecule has 7 nitrogen and oxygen atoms in total. The Hall–Kier alpha value is -3.06. The van der Waals surface area contributed by atoms with Gasteiger partial charge in [0.1, 0.15) is 11.3 Å². The quantitative estimate of drug-likeness (QED) is 0.496. The van der Waals surface area contributed by atoms with E-state index in [1.54, 1.807) is 12.1 Å². The number of aromatic amines is 1. The molecule has 0 saturated carbocycles. The maximum absolute atomic E-state index is 10.9. The van der Waals surface area contributed by atoms with Crippen LogP contribution in [-0.4, -0.2) is 47.4 Å². The first-order chi connectivity index (χ1) is 12.6. The van der Waals surface area contributed by atoms with Gasteiger partial charge in [-0.2, -0.15) is 0 Å². The molecule has 4 rings (SSSR count). The fourth-order valence-electron chi connectivity index (χ4n) is 3.34. The molecule has 0 unspecified atom stereocenters. The Bertz CT molecular complexity index is 961. The van der Waals surface area contributed by atoms with Gasteiger partial charge in [-0.25, -0.2) is 9.78 Å². The van der Waals surface area contributed by atoms with E-state index >= 15 is 0 Å². The van der Waals surface area contributed by atoms with E-state index in [1.165, 1.54) is 5.69 Å².